The van der Waals surface area contributed by atoms with Crippen LogP contribution >= 0.6 is 0 Å². The van der Waals surface area contributed by atoms with Gasteiger partial charge < -0.3 is 15.4 Å². The second-order valence-electron chi connectivity index (χ2n) is 6.22. The number of halogens is 1. The molecule has 2 rings (SSSR count). The van der Waals surface area contributed by atoms with Crippen LogP contribution in [0.5, 0.6) is 5.75 Å². The summed E-state index contributed by atoms with van der Waals surface area (Å²) in [5.74, 6) is -0.222. The fourth-order valence-electron chi connectivity index (χ4n) is 2.68. The summed E-state index contributed by atoms with van der Waals surface area (Å²) in [5.41, 5.74) is 1.11. The molecule has 140 valence electrons. The number of ether oxygens (including phenoxy) is 1. The molecule has 4 nitrogen and oxygen atoms in total. The van der Waals surface area contributed by atoms with E-state index in [1.807, 2.05) is 37.3 Å². The highest BCUT2D eigenvalue weighted by Crippen LogP contribution is 2.18. The third-order valence-corrected chi connectivity index (χ3v) is 4.14. The largest absolute Gasteiger partial charge is 0.489 e. The smallest absolute Gasteiger partial charge is 0.237 e. The molecule has 0 bridgehead atoms. The van der Waals surface area contributed by atoms with E-state index in [1.54, 1.807) is 18.2 Å². The normalized spacial score (nSPS) is 13.0. The number of rotatable bonds is 10. The second-order valence-corrected chi connectivity index (χ2v) is 6.22. The zero-order valence-electron chi connectivity index (χ0n) is 15.4. The summed E-state index contributed by atoms with van der Waals surface area (Å²) in [5, 5.41) is 6.21. The van der Waals surface area contributed by atoms with Crippen molar-refractivity contribution in [3.8, 4) is 5.75 Å². The van der Waals surface area contributed by atoms with Gasteiger partial charge in [-0.2, -0.15) is 0 Å². The fourth-order valence-corrected chi connectivity index (χ4v) is 2.68. The monoisotopic (exact) mass is 358 g/mol. The van der Waals surface area contributed by atoms with Crippen LogP contribution in [0.1, 0.15) is 38.3 Å². The van der Waals surface area contributed by atoms with Crippen molar-refractivity contribution in [2.75, 3.05) is 13.2 Å². The molecule has 2 aromatic carbocycles. The van der Waals surface area contributed by atoms with Crippen molar-refractivity contribution in [2.45, 2.75) is 38.8 Å². The van der Waals surface area contributed by atoms with Crippen molar-refractivity contribution >= 4 is 5.91 Å². The van der Waals surface area contributed by atoms with E-state index in [2.05, 4.69) is 17.6 Å². The van der Waals surface area contributed by atoms with E-state index in [9.17, 15) is 9.18 Å². The van der Waals surface area contributed by atoms with Crippen LogP contribution in [0.3, 0.4) is 0 Å². The van der Waals surface area contributed by atoms with Gasteiger partial charge in [0.25, 0.3) is 0 Å². The fraction of sp³-hybridized carbons (Fsp3) is 0.381. The van der Waals surface area contributed by atoms with Gasteiger partial charge in [-0.1, -0.05) is 55.8 Å². The van der Waals surface area contributed by atoms with E-state index >= 15 is 0 Å². The van der Waals surface area contributed by atoms with Gasteiger partial charge in [-0.3, -0.25) is 4.79 Å². The highest BCUT2D eigenvalue weighted by atomic mass is 19.1. The first-order valence-corrected chi connectivity index (χ1v) is 9.07. The Labute approximate surface area is 154 Å². The number of nitrogens with one attached hydrogen (secondary N) is 2. The number of amides is 1. The van der Waals surface area contributed by atoms with E-state index < -0.39 is 0 Å². The molecule has 5 heteroatoms. The molecule has 0 radical (unpaired) electrons. The third kappa shape index (κ3) is 6.15. The van der Waals surface area contributed by atoms with E-state index in [-0.39, 0.29) is 36.2 Å². The van der Waals surface area contributed by atoms with Gasteiger partial charge in [-0.15, -0.1) is 0 Å². The lowest BCUT2D eigenvalue weighted by atomic mass is 10.0. The molecule has 0 aliphatic carbocycles. The van der Waals surface area contributed by atoms with E-state index in [0.717, 1.165) is 18.4 Å². The summed E-state index contributed by atoms with van der Waals surface area (Å²) < 4.78 is 18.9. The molecule has 2 atom stereocenters. The Kier molecular flexibility index (Phi) is 8.09. The molecule has 0 fully saturated rings. The Bertz CT molecular complexity index is 679. The first-order chi connectivity index (χ1) is 12.6. The Morgan fingerprint density at radius 2 is 1.81 bits per heavy atom. The van der Waals surface area contributed by atoms with Crippen molar-refractivity contribution < 1.29 is 13.9 Å². The van der Waals surface area contributed by atoms with Crippen molar-refractivity contribution in [3.63, 3.8) is 0 Å². The lowest BCUT2D eigenvalue weighted by Gasteiger charge is -2.22. The summed E-state index contributed by atoms with van der Waals surface area (Å²) in [6.07, 6.45) is 1.87. The molecule has 0 aliphatic heterocycles. The number of carbonyl (C=O) groups excluding carboxylic acids is 1. The SMILES string of the molecule is CCC[C@H](NC(=O)[C@@H](C)NCCOc1ccccc1F)c1ccccc1. The summed E-state index contributed by atoms with van der Waals surface area (Å²) >= 11 is 0. The number of benzene rings is 2. The van der Waals surface area contributed by atoms with Crippen LogP contribution in [0.2, 0.25) is 0 Å². The zero-order valence-corrected chi connectivity index (χ0v) is 15.4. The van der Waals surface area contributed by atoms with Crippen molar-refractivity contribution in [3.05, 3.63) is 66.0 Å². The Hall–Kier alpha value is -2.40. The van der Waals surface area contributed by atoms with Gasteiger partial charge in [0.05, 0.1) is 12.1 Å². The molecule has 0 heterocycles. The lowest BCUT2D eigenvalue weighted by molar-refractivity contribution is -0.123. The molecule has 2 N–H and O–H groups in total. The molecular formula is C21H27FN2O2. The average Bonchev–Trinajstić information content (AvgIpc) is 2.66. The Balaban J connectivity index is 1.78. The summed E-state index contributed by atoms with van der Waals surface area (Å²) in [6, 6.07) is 15.9. The maximum absolute atomic E-state index is 13.5. The zero-order chi connectivity index (χ0) is 18.8. The van der Waals surface area contributed by atoms with Gasteiger partial charge in [0.2, 0.25) is 5.91 Å². The molecule has 0 unspecified atom stereocenters. The maximum atomic E-state index is 13.5. The molecule has 0 saturated heterocycles. The Morgan fingerprint density at radius 1 is 1.12 bits per heavy atom. The minimum atomic E-state index is -0.386. The molecule has 1 amide bonds. The summed E-state index contributed by atoms with van der Waals surface area (Å²) in [7, 11) is 0. The second kappa shape index (κ2) is 10.6. The molecular weight excluding hydrogens is 331 g/mol. The van der Waals surface area contributed by atoms with Gasteiger partial charge in [-0.05, 0) is 31.0 Å². The minimum absolute atomic E-state index is 0.00705. The van der Waals surface area contributed by atoms with Crippen LogP contribution in [0.15, 0.2) is 54.6 Å². The number of para-hydroxylation sites is 1. The average molecular weight is 358 g/mol. The highest BCUT2D eigenvalue weighted by molar-refractivity contribution is 5.81. The van der Waals surface area contributed by atoms with Gasteiger partial charge >= 0.3 is 0 Å². The topological polar surface area (TPSA) is 50.4 Å². The van der Waals surface area contributed by atoms with Gasteiger partial charge in [-0.25, -0.2) is 4.39 Å². The summed E-state index contributed by atoms with van der Waals surface area (Å²) in [6.45, 7) is 4.65. The molecule has 2 aromatic rings. The minimum Gasteiger partial charge on any atom is -0.489 e. The van der Waals surface area contributed by atoms with Crippen molar-refractivity contribution in [1.82, 2.24) is 10.6 Å². The van der Waals surface area contributed by atoms with Crippen LogP contribution in [0.4, 0.5) is 4.39 Å². The highest BCUT2D eigenvalue weighted by Gasteiger charge is 2.18. The van der Waals surface area contributed by atoms with Crippen LogP contribution in [0, 0.1) is 5.82 Å². The third-order valence-electron chi connectivity index (χ3n) is 4.14. The van der Waals surface area contributed by atoms with Gasteiger partial charge in [0.15, 0.2) is 11.6 Å². The van der Waals surface area contributed by atoms with E-state index in [4.69, 9.17) is 4.74 Å². The molecule has 0 spiro atoms. The number of hydrogen-bond donors (Lipinski definition) is 2. The van der Waals surface area contributed by atoms with Gasteiger partial charge in [0, 0.05) is 6.54 Å². The number of carbonyl (C=O) groups is 1. The first kappa shape index (κ1) is 19.9. The molecule has 0 aromatic heterocycles. The van der Waals surface area contributed by atoms with Crippen LogP contribution < -0.4 is 15.4 Å². The quantitative estimate of drug-likeness (QED) is 0.635. The predicted molar refractivity (Wildman–Crippen MR) is 102 cm³/mol. The predicted octanol–water partition coefficient (Wildman–Crippen LogP) is 3.84. The maximum Gasteiger partial charge on any atom is 0.237 e. The van der Waals surface area contributed by atoms with Gasteiger partial charge in [0.1, 0.15) is 6.61 Å². The van der Waals surface area contributed by atoms with Crippen LogP contribution in [0.25, 0.3) is 0 Å². The van der Waals surface area contributed by atoms with Crippen molar-refractivity contribution in [2.24, 2.45) is 0 Å². The molecule has 26 heavy (non-hydrogen) atoms. The summed E-state index contributed by atoms with van der Waals surface area (Å²) in [4.78, 5) is 12.4. The molecule has 0 saturated carbocycles. The van der Waals surface area contributed by atoms with Crippen molar-refractivity contribution in [1.29, 1.82) is 0 Å². The molecule has 0 aliphatic rings. The van der Waals surface area contributed by atoms with E-state index in [0.29, 0.717) is 6.54 Å². The number of hydrogen-bond acceptors (Lipinski definition) is 3. The first-order valence-electron chi connectivity index (χ1n) is 9.07. The Morgan fingerprint density at radius 3 is 2.50 bits per heavy atom. The lowest BCUT2D eigenvalue weighted by Crippen LogP contribution is -2.44. The standard InChI is InChI=1S/C21H27FN2O2/c1-3-9-19(17-10-5-4-6-11-17)24-21(25)16(2)23-14-15-26-20-13-8-7-12-18(20)22/h4-8,10-13,16,19,23H,3,9,14-15H2,1-2H3,(H,24,25)/t16-,19+/m1/s1. The van der Waals surface area contributed by atoms with Crippen LogP contribution in [-0.4, -0.2) is 25.1 Å². The van der Waals surface area contributed by atoms with Crippen LogP contribution in [-0.2, 0) is 4.79 Å². The van der Waals surface area contributed by atoms with E-state index in [1.165, 1.54) is 6.07 Å².